The van der Waals surface area contributed by atoms with E-state index in [1.54, 1.807) is 7.11 Å². The van der Waals surface area contributed by atoms with E-state index in [-0.39, 0.29) is 12.1 Å². The SMILES string of the molecule is CCC(N)C(c1ccc(Cl)cc1)N(CCOC)CC(C)C. The van der Waals surface area contributed by atoms with Crippen LogP contribution in [-0.4, -0.2) is 37.7 Å². The first-order valence-electron chi connectivity index (χ1n) is 7.73. The normalized spacial score (nSPS) is 14.7. The highest BCUT2D eigenvalue weighted by molar-refractivity contribution is 6.30. The van der Waals surface area contributed by atoms with E-state index in [1.165, 1.54) is 5.56 Å². The molecule has 0 aromatic heterocycles. The number of halogens is 1. The van der Waals surface area contributed by atoms with Crippen LogP contribution in [0.1, 0.15) is 38.8 Å². The van der Waals surface area contributed by atoms with Crippen LogP contribution in [0.15, 0.2) is 24.3 Å². The zero-order valence-corrected chi connectivity index (χ0v) is 14.4. The van der Waals surface area contributed by atoms with E-state index in [9.17, 15) is 0 Å². The molecular formula is C17H29ClN2O. The Bertz CT molecular complexity index is 394. The van der Waals surface area contributed by atoms with Crippen molar-refractivity contribution in [1.29, 1.82) is 0 Å². The van der Waals surface area contributed by atoms with Gasteiger partial charge in [0.15, 0.2) is 0 Å². The fourth-order valence-electron chi connectivity index (χ4n) is 2.63. The zero-order valence-electron chi connectivity index (χ0n) is 13.7. The molecule has 2 atom stereocenters. The van der Waals surface area contributed by atoms with Gasteiger partial charge < -0.3 is 10.5 Å². The highest BCUT2D eigenvalue weighted by Gasteiger charge is 2.26. The van der Waals surface area contributed by atoms with Crippen LogP contribution in [-0.2, 0) is 4.74 Å². The molecule has 0 saturated heterocycles. The van der Waals surface area contributed by atoms with E-state index in [4.69, 9.17) is 22.1 Å². The Morgan fingerprint density at radius 1 is 1.24 bits per heavy atom. The number of hydrogen-bond acceptors (Lipinski definition) is 3. The molecule has 0 aliphatic carbocycles. The maximum atomic E-state index is 6.42. The summed E-state index contributed by atoms with van der Waals surface area (Å²) in [5.41, 5.74) is 7.65. The molecule has 2 N–H and O–H groups in total. The molecule has 0 aliphatic rings. The largest absolute Gasteiger partial charge is 0.383 e. The van der Waals surface area contributed by atoms with E-state index >= 15 is 0 Å². The molecule has 120 valence electrons. The third-order valence-corrected chi connectivity index (χ3v) is 3.92. The van der Waals surface area contributed by atoms with Crippen molar-refractivity contribution in [3.05, 3.63) is 34.9 Å². The highest BCUT2D eigenvalue weighted by atomic mass is 35.5. The first-order chi connectivity index (χ1) is 9.99. The molecule has 1 rings (SSSR count). The second-order valence-corrected chi connectivity index (χ2v) is 6.39. The third kappa shape index (κ3) is 5.95. The maximum absolute atomic E-state index is 6.42. The summed E-state index contributed by atoms with van der Waals surface area (Å²) < 4.78 is 5.27. The Morgan fingerprint density at radius 3 is 2.33 bits per heavy atom. The third-order valence-electron chi connectivity index (χ3n) is 3.66. The second-order valence-electron chi connectivity index (χ2n) is 5.95. The van der Waals surface area contributed by atoms with Gasteiger partial charge in [0.2, 0.25) is 0 Å². The van der Waals surface area contributed by atoms with Crippen LogP contribution >= 0.6 is 11.6 Å². The monoisotopic (exact) mass is 312 g/mol. The molecule has 0 bridgehead atoms. The Morgan fingerprint density at radius 2 is 1.86 bits per heavy atom. The van der Waals surface area contributed by atoms with Gasteiger partial charge in [-0.2, -0.15) is 0 Å². The van der Waals surface area contributed by atoms with Crippen LogP contribution < -0.4 is 5.73 Å². The van der Waals surface area contributed by atoms with Crippen LogP contribution in [0.4, 0.5) is 0 Å². The lowest BCUT2D eigenvalue weighted by atomic mass is 9.95. The van der Waals surface area contributed by atoms with Gasteiger partial charge in [-0.1, -0.05) is 44.5 Å². The molecule has 0 aliphatic heterocycles. The molecule has 0 fully saturated rings. The highest BCUT2D eigenvalue weighted by Crippen LogP contribution is 2.27. The van der Waals surface area contributed by atoms with Gasteiger partial charge in [-0.25, -0.2) is 0 Å². The van der Waals surface area contributed by atoms with Gasteiger partial charge in [-0.15, -0.1) is 0 Å². The van der Waals surface area contributed by atoms with Gasteiger partial charge in [-0.05, 0) is 30.0 Å². The molecule has 2 unspecified atom stereocenters. The molecule has 1 aromatic rings. The minimum atomic E-state index is 0.0989. The van der Waals surface area contributed by atoms with Crippen molar-refractivity contribution in [2.75, 3.05) is 26.8 Å². The number of nitrogens with two attached hydrogens (primary N) is 1. The quantitative estimate of drug-likeness (QED) is 0.755. The number of methoxy groups -OCH3 is 1. The number of hydrogen-bond donors (Lipinski definition) is 1. The van der Waals surface area contributed by atoms with Crippen LogP contribution in [0.2, 0.25) is 5.02 Å². The fraction of sp³-hybridized carbons (Fsp3) is 0.647. The van der Waals surface area contributed by atoms with Crippen molar-refractivity contribution in [2.24, 2.45) is 11.7 Å². The van der Waals surface area contributed by atoms with Crippen molar-refractivity contribution < 1.29 is 4.74 Å². The summed E-state index contributed by atoms with van der Waals surface area (Å²) in [4.78, 5) is 2.44. The summed E-state index contributed by atoms with van der Waals surface area (Å²) in [6.45, 7) is 9.21. The average Bonchev–Trinajstić information content (AvgIpc) is 2.46. The Labute approximate surface area is 134 Å². The number of rotatable bonds is 9. The minimum absolute atomic E-state index is 0.0989. The summed E-state index contributed by atoms with van der Waals surface area (Å²) in [6, 6.07) is 8.35. The number of ether oxygens (including phenoxy) is 1. The van der Waals surface area contributed by atoms with Gasteiger partial charge in [0, 0.05) is 37.3 Å². The van der Waals surface area contributed by atoms with Crippen molar-refractivity contribution in [3.8, 4) is 0 Å². The topological polar surface area (TPSA) is 38.5 Å². The minimum Gasteiger partial charge on any atom is -0.383 e. The molecule has 1 aromatic carbocycles. The summed E-state index contributed by atoms with van der Waals surface area (Å²) in [5.74, 6) is 0.584. The first kappa shape index (κ1) is 18.4. The van der Waals surface area contributed by atoms with Crippen LogP contribution in [0.25, 0.3) is 0 Å². The average molecular weight is 313 g/mol. The van der Waals surface area contributed by atoms with Crippen molar-refractivity contribution in [1.82, 2.24) is 4.90 Å². The molecule has 0 amide bonds. The predicted octanol–water partition coefficient (Wildman–Crippen LogP) is 3.72. The molecule has 3 nitrogen and oxygen atoms in total. The van der Waals surface area contributed by atoms with Crippen LogP contribution in [0, 0.1) is 5.92 Å². The van der Waals surface area contributed by atoms with E-state index in [0.717, 1.165) is 24.5 Å². The summed E-state index contributed by atoms with van der Waals surface area (Å²) in [6.07, 6.45) is 0.939. The molecule has 4 heteroatoms. The van der Waals surface area contributed by atoms with Crippen LogP contribution in [0.5, 0.6) is 0 Å². The molecule has 0 spiro atoms. The lowest BCUT2D eigenvalue weighted by Crippen LogP contribution is -2.43. The Hall–Kier alpha value is -0.610. The van der Waals surface area contributed by atoms with E-state index < -0.39 is 0 Å². The van der Waals surface area contributed by atoms with E-state index in [2.05, 4.69) is 37.8 Å². The van der Waals surface area contributed by atoms with Crippen LogP contribution in [0.3, 0.4) is 0 Å². The molecule has 0 radical (unpaired) electrons. The zero-order chi connectivity index (χ0) is 15.8. The lowest BCUT2D eigenvalue weighted by molar-refractivity contribution is 0.0975. The molecular weight excluding hydrogens is 284 g/mol. The first-order valence-corrected chi connectivity index (χ1v) is 8.11. The van der Waals surface area contributed by atoms with Gasteiger partial charge >= 0.3 is 0 Å². The summed E-state index contributed by atoms with van der Waals surface area (Å²) in [7, 11) is 1.74. The lowest BCUT2D eigenvalue weighted by Gasteiger charge is -2.36. The van der Waals surface area contributed by atoms with E-state index in [0.29, 0.717) is 12.5 Å². The predicted molar refractivity (Wildman–Crippen MR) is 90.7 cm³/mol. The summed E-state index contributed by atoms with van der Waals surface area (Å²) >= 11 is 6.01. The van der Waals surface area contributed by atoms with Gasteiger partial charge in [-0.3, -0.25) is 4.90 Å². The second kappa shape index (κ2) is 9.42. The van der Waals surface area contributed by atoms with Gasteiger partial charge in [0.1, 0.15) is 0 Å². The summed E-state index contributed by atoms with van der Waals surface area (Å²) in [5, 5.41) is 0.759. The Balaban J connectivity index is 3.03. The fourth-order valence-corrected chi connectivity index (χ4v) is 2.76. The van der Waals surface area contributed by atoms with Crippen molar-refractivity contribution >= 4 is 11.6 Å². The molecule has 0 heterocycles. The number of benzene rings is 1. The molecule has 0 saturated carbocycles. The smallest absolute Gasteiger partial charge is 0.0589 e. The Kier molecular flexibility index (Phi) is 8.27. The molecule has 21 heavy (non-hydrogen) atoms. The van der Waals surface area contributed by atoms with E-state index in [1.807, 2.05) is 12.1 Å². The number of nitrogens with zero attached hydrogens (tertiary/aromatic N) is 1. The van der Waals surface area contributed by atoms with Crippen molar-refractivity contribution in [2.45, 2.75) is 39.3 Å². The standard InChI is InChI=1S/C17H29ClN2O/c1-5-16(19)17(14-6-8-15(18)9-7-14)20(10-11-21-4)12-13(2)3/h6-9,13,16-17H,5,10-12,19H2,1-4H3. The van der Waals surface area contributed by atoms with Crippen molar-refractivity contribution in [3.63, 3.8) is 0 Å². The van der Waals surface area contributed by atoms with Gasteiger partial charge in [0.25, 0.3) is 0 Å². The van der Waals surface area contributed by atoms with Gasteiger partial charge in [0.05, 0.1) is 6.61 Å². The maximum Gasteiger partial charge on any atom is 0.0589 e.